The van der Waals surface area contributed by atoms with Gasteiger partial charge in [0.1, 0.15) is 13.2 Å². The SMILES string of the molecule is C=CCOc1cccc(C(=O)c2ccccc2)c1OCC=C. The molecule has 0 amide bonds. The predicted octanol–water partition coefficient (Wildman–Crippen LogP) is 4.05. The summed E-state index contributed by atoms with van der Waals surface area (Å²) in [6.45, 7) is 7.89. The predicted molar refractivity (Wildman–Crippen MR) is 87.7 cm³/mol. The van der Waals surface area contributed by atoms with Crippen LogP contribution in [-0.2, 0) is 0 Å². The minimum atomic E-state index is -0.108. The van der Waals surface area contributed by atoms with Gasteiger partial charge in [0.15, 0.2) is 17.3 Å². The van der Waals surface area contributed by atoms with E-state index in [-0.39, 0.29) is 5.78 Å². The van der Waals surface area contributed by atoms with E-state index < -0.39 is 0 Å². The van der Waals surface area contributed by atoms with Gasteiger partial charge in [-0.2, -0.15) is 0 Å². The van der Waals surface area contributed by atoms with Gasteiger partial charge in [-0.05, 0) is 12.1 Å². The zero-order valence-electron chi connectivity index (χ0n) is 12.3. The molecule has 0 saturated heterocycles. The van der Waals surface area contributed by atoms with E-state index in [0.717, 1.165) is 0 Å². The fourth-order valence-corrected chi connectivity index (χ4v) is 1.99. The number of hydrogen-bond donors (Lipinski definition) is 0. The summed E-state index contributed by atoms with van der Waals surface area (Å²) < 4.78 is 11.2. The van der Waals surface area contributed by atoms with Gasteiger partial charge < -0.3 is 9.47 Å². The van der Waals surface area contributed by atoms with Crippen LogP contribution in [-0.4, -0.2) is 19.0 Å². The van der Waals surface area contributed by atoms with Gasteiger partial charge in [0.2, 0.25) is 0 Å². The number of ether oxygens (including phenoxy) is 2. The average molecular weight is 294 g/mol. The minimum Gasteiger partial charge on any atom is -0.486 e. The maximum atomic E-state index is 12.7. The van der Waals surface area contributed by atoms with Crippen LogP contribution in [0.25, 0.3) is 0 Å². The number of benzene rings is 2. The Morgan fingerprint density at radius 3 is 2.27 bits per heavy atom. The van der Waals surface area contributed by atoms with Gasteiger partial charge in [-0.15, -0.1) is 0 Å². The van der Waals surface area contributed by atoms with Crippen molar-refractivity contribution in [2.45, 2.75) is 0 Å². The highest BCUT2D eigenvalue weighted by Crippen LogP contribution is 2.33. The van der Waals surface area contributed by atoms with Gasteiger partial charge in [-0.25, -0.2) is 0 Å². The van der Waals surface area contributed by atoms with E-state index in [2.05, 4.69) is 13.2 Å². The van der Waals surface area contributed by atoms with E-state index >= 15 is 0 Å². The summed E-state index contributed by atoms with van der Waals surface area (Å²) >= 11 is 0. The molecule has 2 aromatic carbocycles. The van der Waals surface area contributed by atoms with Crippen molar-refractivity contribution in [2.75, 3.05) is 13.2 Å². The molecule has 0 aliphatic rings. The maximum absolute atomic E-state index is 12.7. The molecule has 0 bridgehead atoms. The highest BCUT2D eigenvalue weighted by atomic mass is 16.5. The second-order valence-corrected chi connectivity index (χ2v) is 4.53. The largest absolute Gasteiger partial charge is 0.486 e. The quantitative estimate of drug-likeness (QED) is 0.544. The molecule has 0 saturated carbocycles. The summed E-state index contributed by atoms with van der Waals surface area (Å²) in [6.07, 6.45) is 3.27. The van der Waals surface area contributed by atoms with E-state index in [4.69, 9.17) is 9.47 Å². The zero-order chi connectivity index (χ0) is 15.8. The molecular weight excluding hydrogens is 276 g/mol. The normalized spacial score (nSPS) is 9.82. The monoisotopic (exact) mass is 294 g/mol. The maximum Gasteiger partial charge on any atom is 0.196 e. The number of rotatable bonds is 8. The number of carbonyl (C=O) groups excluding carboxylic acids is 1. The molecule has 0 unspecified atom stereocenters. The first-order valence-electron chi connectivity index (χ1n) is 6.98. The van der Waals surface area contributed by atoms with Gasteiger partial charge in [0, 0.05) is 5.56 Å². The topological polar surface area (TPSA) is 35.5 Å². The van der Waals surface area contributed by atoms with Crippen molar-refractivity contribution in [2.24, 2.45) is 0 Å². The van der Waals surface area contributed by atoms with Gasteiger partial charge in [0.25, 0.3) is 0 Å². The molecule has 0 heterocycles. The van der Waals surface area contributed by atoms with Crippen molar-refractivity contribution in [1.29, 1.82) is 0 Å². The van der Waals surface area contributed by atoms with Gasteiger partial charge in [0.05, 0.1) is 5.56 Å². The molecule has 0 fully saturated rings. The molecule has 112 valence electrons. The molecular formula is C19H18O3. The van der Waals surface area contributed by atoms with Crippen molar-refractivity contribution in [3.63, 3.8) is 0 Å². The first-order valence-corrected chi connectivity index (χ1v) is 6.98. The third kappa shape index (κ3) is 3.64. The second kappa shape index (κ2) is 7.84. The summed E-state index contributed by atoms with van der Waals surface area (Å²) in [5.74, 6) is 0.838. The van der Waals surface area contributed by atoms with E-state index in [1.165, 1.54) is 0 Å². The highest BCUT2D eigenvalue weighted by molar-refractivity contribution is 6.11. The first-order chi connectivity index (χ1) is 10.8. The Morgan fingerprint density at radius 1 is 0.909 bits per heavy atom. The fraction of sp³-hybridized carbons (Fsp3) is 0.105. The van der Waals surface area contributed by atoms with E-state index in [0.29, 0.717) is 35.8 Å². The Hall–Kier alpha value is -2.81. The van der Waals surface area contributed by atoms with Crippen molar-refractivity contribution in [3.8, 4) is 11.5 Å². The van der Waals surface area contributed by atoms with Gasteiger partial charge in [-0.3, -0.25) is 4.79 Å². The number of hydrogen-bond acceptors (Lipinski definition) is 3. The number of carbonyl (C=O) groups is 1. The lowest BCUT2D eigenvalue weighted by atomic mass is 10.0. The summed E-state index contributed by atoms with van der Waals surface area (Å²) in [4.78, 5) is 12.7. The van der Waals surface area contributed by atoms with Gasteiger partial charge >= 0.3 is 0 Å². The third-order valence-corrected chi connectivity index (χ3v) is 2.96. The molecule has 0 spiro atoms. The highest BCUT2D eigenvalue weighted by Gasteiger charge is 2.18. The van der Waals surface area contributed by atoms with Crippen molar-refractivity contribution >= 4 is 5.78 Å². The Bertz CT molecular complexity index is 660. The first kappa shape index (κ1) is 15.6. The Kier molecular flexibility index (Phi) is 5.55. The average Bonchev–Trinajstić information content (AvgIpc) is 2.58. The molecule has 2 rings (SSSR count). The van der Waals surface area contributed by atoms with Crippen LogP contribution in [0.15, 0.2) is 73.8 Å². The van der Waals surface area contributed by atoms with Crippen LogP contribution < -0.4 is 9.47 Å². The Morgan fingerprint density at radius 2 is 1.59 bits per heavy atom. The van der Waals surface area contributed by atoms with Crippen LogP contribution in [0.2, 0.25) is 0 Å². The van der Waals surface area contributed by atoms with Gasteiger partial charge in [-0.1, -0.05) is 61.7 Å². The molecule has 0 radical (unpaired) electrons. The summed E-state index contributed by atoms with van der Waals surface area (Å²) in [5.41, 5.74) is 1.07. The van der Waals surface area contributed by atoms with E-state index in [1.807, 2.05) is 18.2 Å². The Balaban J connectivity index is 2.42. The third-order valence-electron chi connectivity index (χ3n) is 2.96. The smallest absolute Gasteiger partial charge is 0.196 e. The lowest BCUT2D eigenvalue weighted by Crippen LogP contribution is -2.08. The zero-order valence-corrected chi connectivity index (χ0v) is 12.3. The van der Waals surface area contributed by atoms with Crippen molar-refractivity contribution < 1.29 is 14.3 Å². The van der Waals surface area contributed by atoms with E-state index in [9.17, 15) is 4.79 Å². The molecule has 3 heteroatoms. The van der Waals surface area contributed by atoms with Crippen molar-refractivity contribution in [1.82, 2.24) is 0 Å². The molecule has 3 nitrogen and oxygen atoms in total. The molecule has 0 aliphatic heterocycles. The van der Waals surface area contributed by atoms with Crippen LogP contribution in [0.1, 0.15) is 15.9 Å². The van der Waals surface area contributed by atoms with Crippen molar-refractivity contribution in [3.05, 3.63) is 85.0 Å². The number of ketones is 1. The summed E-state index contributed by atoms with van der Waals surface area (Å²) in [7, 11) is 0. The Labute approximate surface area is 130 Å². The minimum absolute atomic E-state index is 0.108. The molecule has 2 aromatic rings. The molecule has 0 atom stereocenters. The molecule has 0 aliphatic carbocycles. The van der Waals surface area contributed by atoms with Crippen LogP contribution in [0.5, 0.6) is 11.5 Å². The molecule has 0 aromatic heterocycles. The lowest BCUT2D eigenvalue weighted by Gasteiger charge is -2.14. The fourth-order valence-electron chi connectivity index (χ4n) is 1.99. The van der Waals surface area contributed by atoms with Crippen LogP contribution in [0, 0.1) is 0 Å². The second-order valence-electron chi connectivity index (χ2n) is 4.53. The molecule has 22 heavy (non-hydrogen) atoms. The lowest BCUT2D eigenvalue weighted by molar-refractivity contribution is 0.103. The van der Waals surface area contributed by atoms with Crippen LogP contribution in [0.4, 0.5) is 0 Å². The molecule has 0 N–H and O–H groups in total. The van der Waals surface area contributed by atoms with E-state index in [1.54, 1.807) is 42.5 Å². The summed E-state index contributed by atoms with van der Waals surface area (Å²) in [6, 6.07) is 14.3. The summed E-state index contributed by atoms with van der Waals surface area (Å²) in [5, 5.41) is 0. The number of para-hydroxylation sites is 1. The van der Waals surface area contributed by atoms with Crippen LogP contribution in [0.3, 0.4) is 0 Å². The standard InChI is InChI=1S/C19H18O3/c1-3-13-21-17-12-8-11-16(19(17)22-14-4-2)18(20)15-9-6-5-7-10-15/h3-12H,1-2,13-14H2. The van der Waals surface area contributed by atoms with Crippen LogP contribution >= 0.6 is 0 Å².